The number of aliphatic hydroxyl groups is 1. The van der Waals surface area contributed by atoms with Crippen LogP contribution in [0, 0.1) is 0 Å². The van der Waals surface area contributed by atoms with Crippen LogP contribution in [0.5, 0.6) is 0 Å². The topological polar surface area (TPSA) is 88.5 Å². The maximum Gasteiger partial charge on any atom is 0.407 e. The fraction of sp³-hybridized carbons (Fsp3) is 0.909. The van der Waals surface area contributed by atoms with E-state index in [2.05, 4.69) is 0 Å². The van der Waals surface area contributed by atoms with E-state index in [9.17, 15) is 4.79 Å². The first kappa shape index (κ1) is 15.2. The van der Waals surface area contributed by atoms with Gasteiger partial charge in [-0.1, -0.05) is 0 Å². The molecule has 2 N–H and O–H groups in total. The molecule has 0 spiro atoms. The summed E-state index contributed by atoms with van der Waals surface area (Å²) >= 11 is 0. The number of carbonyl (C=O) groups is 1. The van der Waals surface area contributed by atoms with Crippen molar-refractivity contribution in [1.29, 1.82) is 0 Å². The van der Waals surface area contributed by atoms with Crippen molar-refractivity contribution >= 4 is 6.09 Å². The van der Waals surface area contributed by atoms with Gasteiger partial charge in [0.25, 0.3) is 0 Å². The van der Waals surface area contributed by atoms with Crippen molar-refractivity contribution in [3.8, 4) is 0 Å². The Bertz CT molecular complexity index is 283. The number of nitrogens with zero attached hydrogens (tertiary/aromatic N) is 1. The molecular weight excluding hydrogens is 242 g/mol. The second-order valence-corrected chi connectivity index (χ2v) is 4.72. The van der Waals surface area contributed by atoms with Gasteiger partial charge in [-0.3, -0.25) is 0 Å². The highest BCUT2D eigenvalue weighted by atomic mass is 16.7. The number of ether oxygens (including phenoxy) is 3. The highest BCUT2D eigenvalue weighted by Gasteiger charge is 2.32. The molecular formula is C11H21NO6. The minimum atomic E-state index is -1.10. The van der Waals surface area contributed by atoms with E-state index >= 15 is 0 Å². The Morgan fingerprint density at radius 1 is 1.61 bits per heavy atom. The molecule has 2 unspecified atom stereocenters. The fourth-order valence-electron chi connectivity index (χ4n) is 1.62. The lowest BCUT2D eigenvalue weighted by Gasteiger charge is -2.24. The summed E-state index contributed by atoms with van der Waals surface area (Å²) in [4.78, 5) is 11.7. The van der Waals surface area contributed by atoms with Crippen molar-refractivity contribution in [2.24, 2.45) is 0 Å². The predicted octanol–water partition coefficient (Wildman–Crippen LogP) is 0.125. The van der Waals surface area contributed by atoms with Crippen LogP contribution >= 0.6 is 0 Å². The monoisotopic (exact) mass is 263 g/mol. The number of likely N-dealkylation sites (N-methyl/N-ethyl adjacent to an activating group) is 1. The molecule has 1 fully saturated rings. The molecule has 1 aliphatic heterocycles. The van der Waals surface area contributed by atoms with Crippen LogP contribution in [0.15, 0.2) is 0 Å². The lowest BCUT2D eigenvalue weighted by atomic mass is 10.3. The molecule has 0 aromatic carbocycles. The zero-order valence-electron chi connectivity index (χ0n) is 11.0. The van der Waals surface area contributed by atoms with Gasteiger partial charge in [0.2, 0.25) is 0 Å². The Balaban J connectivity index is 2.26. The number of carboxylic acid groups (broad SMARTS) is 1. The molecule has 0 aliphatic carbocycles. The Labute approximate surface area is 106 Å². The molecule has 0 bridgehead atoms. The molecule has 2 atom stereocenters. The van der Waals surface area contributed by atoms with Crippen LogP contribution in [0.3, 0.4) is 0 Å². The van der Waals surface area contributed by atoms with Gasteiger partial charge >= 0.3 is 6.09 Å². The summed E-state index contributed by atoms with van der Waals surface area (Å²) in [5.41, 5.74) is 0. The molecule has 18 heavy (non-hydrogen) atoms. The highest BCUT2D eigenvalue weighted by Crippen LogP contribution is 2.22. The van der Waals surface area contributed by atoms with E-state index in [4.69, 9.17) is 24.4 Å². The van der Waals surface area contributed by atoms with E-state index < -0.39 is 17.9 Å². The molecule has 7 heteroatoms. The van der Waals surface area contributed by atoms with Crippen LogP contribution in [0.25, 0.3) is 0 Å². The maximum atomic E-state index is 10.7. The minimum Gasteiger partial charge on any atom is -0.465 e. The minimum absolute atomic E-state index is 0.125. The fourth-order valence-corrected chi connectivity index (χ4v) is 1.62. The van der Waals surface area contributed by atoms with Gasteiger partial charge in [-0.25, -0.2) is 4.79 Å². The number of hydrogen-bond donors (Lipinski definition) is 2. The Kier molecular flexibility index (Phi) is 5.33. The third-order valence-electron chi connectivity index (χ3n) is 2.74. The van der Waals surface area contributed by atoms with Crippen LogP contribution in [0.1, 0.15) is 13.8 Å². The average Bonchev–Trinajstić information content (AvgIpc) is 2.63. The molecule has 0 radical (unpaired) electrons. The van der Waals surface area contributed by atoms with Gasteiger partial charge in [-0.15, -0.1) is 0 Å². The largest absolute Gasteiger partial charge is 0.465 e. The zero-order valence-corrected chi connectivity index (χ0v) is 11.0. The maximum absolute atomic E-state index is 10.7. The van der Waals surface area contributed by atoms with Crippen molar-refractivity contribution in [3.63, 3.8) is 0 Å². The molecule has 0 aromatic heterocycles. The predicted molar refractivity (Wildman–Crippen MR) is 62.4 cm³/mol. The second kappa shape index (κ2) is 6.33. The van der Waals surface area contributed by atoms with Crippen molar-refractivity contribution in [2.75, 3.05) is 33.5 Å². The van der Waals surface area contributed by atoms with Gasteiger partial charge in [-0.05, 0) is 13.8 Å². The Morgan fingerprint density at radius 2 is 2.28 bits per heavy atom. The highest BCUT2D eigenvalue weighted by molar-refractivity contribution is 5.64. The molecule has 7 nitrogen and oxygen atoms in total. The quantitative estimate of drug-likeness (QED) is 0.708. The third kappa shape index (κ3) is 4.41. The van der Waals surface area contributed by atoms with Crippen LogP contribution < -0.4 is 0 Å². The molecule has 1 amide bonds. The SMILES string of the molecule is CN(C(=O)O)C(CO)COCC1COC(C)(C)O1. The first-order chi connectivity index (χ1) is 8.35. The van der Waals surface area contributed by atoms with E-state index in [1.54, 1.807) is 0 Å². The summed E-state index contributed by atoms with van der Waals surface area (Å²) in [5, 5.41) is 17.9. The van der Waals surface area contributed by atoms with Crippen LogP contribution in [-0.4, -0.2) is 72.6 Å². The van der Waals surface area contributed by atoms with E-state index in [1.807, 2.05) is 13.8 Å². The molecule has 1 aliphatic rings. The summed E-state index contributed by atoms with van der Waals surface area (Å²) in [6.07, 6.45) is -1.26. The van der Waals surface area contributed by atoms with Crippen LogP contribution in [-0.2, 0) is 14.2 Å². The molecule has 1 heterocycles. The number of amides is 1. The first-order valence-corrected chi connectivity index (χ1v) is 5.82. The van der Waals surface area contributed by atoms with E-state index in [0.717, 1.165) is 4.90 Å². The van der Waals surface area contributed by atoms with Gasteiger partial charge in [0.05, 0.1) is 32.5 Å². The summed E-state index contributed by atoms with van der Waals surface area (Å²) in [7, 11) is 1.39. The first-order valence-electron chi connectivity index (χ1n) is 5.82. The molecule has 0 aromatic rings. The number of hydrogen-bond acceptors (Lipinski definition) is 5. The summed E-state index contributed by atoms with van der Waals surface area (Å²) in [6, 6.07) is -0.571. The average molecular weight is 263 g/mol. The summed E-state index contributed by atoms with van der Waals surface area (Å²) in [6.45, 7) is 4.25. The van der Waals surface area contributed by atoms with Gasteiger partial charge < -0.3 is 29.3 Å². The lowest BCUT2D eigenvalue weighted by Crippen LogP contribution is -2.42. The van der Waals surface area contributed by atoms with E-state index in [1.165, 1.54) is 7.05 Å². The summed E-state index contributed by atoms with van der Waals surface area (Å²) in [5.74, 6) is -0.595. The normalized spacial score (nSPS) is 23.9. The molecule has 106 valence electrons. The van der Waals surface area contributed by atoms with Crippen molar-refractivity contribution in [2.45, 2.75) is 31.8 Å². The second-order valence-electron chi connectivity index (χ2n) is 4.72. The third-order valence-corrected chi connectivity index (χ3v) is 2.74. The zero-order chi connectivity index (χ0) is 13.8. The van der Waals surface area contributed by atoms with Gasteiger partial charge in [0.1, 0.15) is 6.10 Å². The number of aliphatic hydroxyl groups excluding tert-OH is 1. The smallest absolute Gasteiger partial charge is 0.407 e. The molecule has 1 saturated heterocycles. The van der Waals surface area contributed by atoms with Gasteiger partial charge in [-0.2, -0.15) is 0 Å². The van der Waals surface area contributed by atoms with Crippen molar-refractivity contribution in [3.05, 3.63) is 0 Å². The van der Waals surface area contributed by atoms with Crippen LogP contribution in [0.2, 0.25) is 0 Å². The van der Waals surface area contributed by atoms with Crippen molar-refractivity contribution in [1.82, 2.24) is 4.90 Å². The summed E-state index contributed by atoms with van der Waals surface area (Å²) < 4.78 is 16.3. The van der Waals surface area contributed by atoms with Gasteiger partial charge in [0.15, 0.2) is 5.79 Å². The number of rotatable bonds is 6. The van der Waals surface area contributed by atoms with Gasteiger partial charge in [0, 0.05) is 7.05 Å². The lowest BCUT2D eigenvalue weighted by molar-refractivity contribution is -0.145. The molecule has 0 saturated carbocycles. The van der Waals surface area contributed by atoms with Crippen LogP contribution in [0.4, 0.5) is 4.79 Å². The van der Waals surface area contributed by atoms with E-state index in [0.29, 0.717) is 13.2 Å². The Morgan fingerprint density at radius 3 is 2.72 bits per heavy atom. The van der Waals surface area contributed by atoms with E-state index in [-0.39, 0.29) is 19.3 Å². The Hall–Kier alpha value is -0.890. The van der Waals surface area contributed by atoms with Crippen molar-refractivity contribution < 1.29 is 29.2 Å². The molecule has 1 rings (SSSR count). The standard InChI is InChI=1S/C11H21NO6/c1-11(2)17-7-9(18-11)6-16-5-8(4-13)12(3)10(14)15/h8-9,13H,4-7H2,1-3H3,(H,14,15).